The molecule has 0 N–H and O–H groups in total. The molecule has 28 heavy (non-hydrogen) atoms. The number of aromatic nitrogens is 1. The van der Waals surface area contributed by atoms with Gasteiger partial charge in [0.15, 0.2) is 5.57 Å². The second kappa shape index (κ2) is 8.04. The number of rotatable bonds is 2. The number of hydrogen-bond acceptors (Lipinski definition) is 4. The van der Waals surface area contributed by atoms with Gasteiger partial charge in [0.1, 0.15) is 16.8 Å². The molecule has 2 aromatic carbocycles. The molecule has 0 aliphatic rings. The van der Waals surface area contributed by atoms with Crippen molar-refractivity contribution in [3.8, 4) is 17.8 Å². The van der Waals surface area contributed by atoms with Crippen molar-refractivity contribution >= 4 is 46.2 Å². The van der Waals surface area contributed by atoms with Gasteiger partial charge in [-0.1, -0.05) is 47.0 Å². The van der Waals surface area contributed by atoms with Gasteiger partial charge in [0.05, 0.1) is 10.2 Å². The Morgan fingerprint density at radius 3 is 2.32 bits per heavy atom. The van der Waals surface area contributed by atoms with Crippen LogP contribution in [0.15, 0.2) is 41.2 Å². The lowest BCUT2D eigenvalue weighted by molar-refractivity contribution is 0.973. The molecule has 138 valence electrons. The van der Waals surface area contributed by atoms with Crippen LogP contribution in [0.4, 0.5) is 0 Å². The number of halogens is 2. The maximum atomic E-state index is 13.2. The molecule has 0 radical (unpaired) electrons. The summed E-state index contributed by atoms with van der Waals surface area (Å²) < 4.78 is 2.00. The van der Waals surface area contributed by atoms with E-state index in [-0.39, 0.29) is 15.8 Å². The first-order valence-corrected chi connectivity index (χ1v) is 9.74. The fourth-order valence-corrected chi connectivity index (χ4v) is 4.36. The van der Waals surface area contributed by atoms with Gasteiger partial charge in [0.2, 0.25) is 0 Å². The van der Waals surface area contributed by atoms with Gasteiger partial charge >= 0.3 is 0 Å². The summed E-state index contributed by atoms with van der Waals surface area (Å²) in [6.07, 6.45) is 1.59. The van der Waals surface area contributed by atoms with E-state index < -0.39 is 0 Å². The topological polar surface area (TPSA) is 69.6 Å². The Morgan fingerprint density at radius 1 is 1.11 bits per heavy atom. The van der Waals surface area contributed by atoms with Gasteiger partial charge < -0.3 is 0 Å². The van der Waals surface area contributed by atoms with Crippen molar-refractivity contribution in [1.29, 1.82) is 10.5 Å². The third-order valence-corrected chi connectivity index (χ3v) is 5.88. The van der Waals surface area contributed by atoms with Crippen LogP contribution in [-0.2, 0) is 0 Å². The van der Waals surface area contributed by atoms with Gasteiger partial charge in [-0.25, -0.2) is 0 Å². The zero-order valence-electron chi connectivity index (χ0n) is 15.0. The molecule has 3 rings (SSSR count). The van der Waals surface area contributed by atoms with Crippen molar-refractivity contribution in [1.82, 2.24) is 4.57 Å². The summed E-state index contributed by atoms with van der Waals surface area (Å²) in [5.74, 6) is 0. The van der Waals surface area contributed by atoms with Gasteiger partial charge in [0.25, 0.3) is 5.56 Å². The number of nitrogens with zero attached hydrogens (tertiary/aromatic N) is 3. The van der Waals surface area contributed by atoms with E-state index in [1.165, 1.54) is 4.57 Å². The Bertz CT molecular complexity index is 1320. The molecule has 0 atom stereocenters. The number of thiazole rings is 1. The molecule has 0 amide bonds. The van der Waals surface area contributed by atoms with Crippen LogP contribution in [0.1, 0.15) is 16.7 Å². The smallest absolute Gasteiger partial charge is 0.267 e. The van der Waals surface area contributed by atoms with Gasteiger partial charge in [-0.15, -0.1) is 11.3 Å². The van der Waals surface area contributed by atoms with E-state index in [1.807, 2.05) is 38.1 Å². The van der Waals surface area contributed by atoms with E-state index in [0.29, 0.717) is 25.8 Å². The van der Waals surface area contributed by atoms with Crippen LogP contribution in [-0.4, -0.2) is 4.57 Å². The first-order valence-electron chi connectivity index (χ1n) is 8.17. The fraction of sp³-hybridized carbons (Fsp3) is 0.0952. The van der Waals surface area contributed by atoms with Crippen LogP contribution in [0.5, 0.6) is 0 Å². The van der Waals surface area contributed by atoms with Crippen LogP contribution in [0.25, 0.3) is 17.3 Å². The predicted octanol–water partition coefficient (Wildman–Crippen LogP) is 3.85. The highest BCUT2D eigenvalue weighted by molar-refractivity contribution is 7.07. The van der Waals surface area contributed by atoms with Gasteiger partial charge in [-0.2, -0.15) is 10.5 Å². The van der Waals surface area contributed by atoms with Crippen LogP contribution < -0.4 is 14.8 Å². The molecule has 0 saturated carbocycles. The van der Waals surface area contributed by atoms with Gasteiger partial charge in [-0.05, 0) is 43.7 Å². The molecule has 7 heteroatoms. The predicted molar refractivity (Wildman–Crippen MR) is 113 cm³/mol. The van der Waals surface area contributed by atoms with Gasteiger partial charge in [-0.3, -0.25) is 9.36 Å². The third-order valence-electron chi connectivity index (χ3n) is 4.13. The molecule has 0 aliphatic heterocycles. The van der Waals surface area contributed by atoms with Gasteiger partial charge in [0, 0.05) is 15.6 Å². The molecule has 0 unspecified atom stereocenters. The number of aryl methyl sites for hydroxylation is 2. The summed E-state index contributed by atoms with van der Waals surface area (Å²) in [6, 6.07) is 14.5. The Kier molecular flexibility index (Phi) is 5.72. The van der Waals surface area contributed by atoms with E-state index in [0.717, 1.165) is 22.5 Å². The zero-order chi connectivity index (χ0) is 20.4. The molecule has 0 bridgehead atoms. The Morgan fingerprint density at radius 2 is 1.75 bits per heavy atom. The van der Waals surface area contributed by atoms with Crippen molar-refractivity contribution in [2.24, 2.45) is 0 Å². The molecule has 1 heterocycles. The summed E-state index contributed by atoms with van der Waals surface area (Å²) in [5.41, 5.74) is 2.57. The van der Waals surface area contributed by atoms with E-state index in [2.05, 4.69) is 0 Å². The quantitative estimate of drug-likeness (QED) is 0.625. The van der Waals surface area contributed by atoms with Crippen molar-refractivity contribution < 1.29 is 0 Å². The Balaban J connectivity index is 2.47. The van der Waals surface area contributed by atoms with Crippen LogP contribution in [0, 0.1) is 36.5 Å². The van der Waals surface area contributed by atoms with E-state index in [1.54, 1.807) is 30.3 Å². The molecule has 3 aromatic rings. The molecule has 4 nitrogen and oxygen atoms in total. The molecule has 1 aromatic heterocycles. The Hall–Kier alpha value is -2.83. The van der Waals surface area contributed by atoms with E-state index in [4.69, 9.17) is 23.2 Å². The minimum atomic E-state index is -0.342. The minimum absolute atomic E-state index is 0.132. The molecule has 0 aliphatic carbocycles. The standard InChI is InChI=1S/C21H13Cl2N3OS/c1-12-6-7-18(13(2)8-12)26-20(27)19(28-21(26)14(10-24)11-25)9-15-16(22)4-3-5-17(15)23/h3-9H,1-2H3/b19-9+. The summed E-state index contributed by atoms with van der Waals surface area (Å²) in [6.45, 7) is 3.83. The van der Waals surface area contributed by atoms with E-state index in [9.17, 15) is 15.3 Å². The van der Waals surface area contributed by atoms with Crippen LogP contribution in [0.3, 0.4) is 0 Å². The average Bonchev–Trinajstić information content (AvgIpc) is 2.96. The number of nitriles is 2. The lowest BCUT2D eigenvalue weighted by Gasteiger charge is -2.07. The molecular weight excluding hydrogens is 413 g/mol. The van der Waals surface area contributed by atoms with Crippen molar-refractivity contribution in [3.63, 3.8) is 0 Å². The normalized spacial score (nSPS) is 11.1. The lowest BCUT2D eigenvalue weighted by Crippen LogP contribution is -2.31. The number of hydrogen-bond donors (Lipinski definition) is 0. The van der Waals surface area contributed by atoms with Crippen molar-refractivity contribution in [2.75, 3.05) is 0 Å². The maximum absolute atomic E-state index is 13.2. The first-order chi connectivity index (χ1) is 13.4. The fourth-order valence-electron chi connectivity index (χ4n) is 2.83. The summed E-state index contributed by atoms with van der Waals surface area (Å²) >= 11 is 13.5. The second-order valence-electron chi connectivity index (χ2n) is 6.08. The SMILES string of the molecule is Cc1ccc(-n2c(=C(C#N)C#N)s/c(=C/c3c(Cl)cccc3Cl)c2=O)c(C)c1. The summed E-state index contributed by atoms with van der Waals surface area (Å²) in [7, 11) is 0. The highest BCUT2D eigenvalue weighted by atomic mass is 35.5. The molecule has 0 fully saturated rings. The monoisotopic (exact) mass is 425 g/mol. The summed E-state index contributed by atoms with van der Waals surface area (Å²) in [5, 5.41) is 19.6. The minimum Gasteiger partial charge on any atom is -0.267 e. The maximum Gasteiger partial charge on any atom is 0.273 e. The summed E-state index contributed by atoms with van der Waals surface area (Å²) in [4.78, 5) is 13.2. The van der Waals surface area contributed by atoms with Crippen LogP contribution in [0.2, 0.25) is 10.0 Å². The second-order valence-corrected chi connectivity index (χ2v) is 7.93. The zero-order valence-corrected chi connectivity index (χ0v) is 17.3. The largest absolute Gasteiger partial charge is 0.273 e. The number of benzene rings is 2. The Labute approximate surface area is 175 Å². The van der Waals surface area contributed by atoms with Crippen molar-refractivity contribution in [2.45, 2.75) is 13.8 Å². The molecule has 0 saturated heterocycles. The van der Waals surface area contributed by atoms with E-state index >= 15 is 0 Å². The lowest BCUT2D eigenvalue weighted by atomic mass is 10.1. The molecular formula is C21H13Cl2N3OS. The highest BCUT2D eigenvalue weighted by Gasteiger charge is 2.14. The average molecular weight is 426 g/mol. The first kappa shape index (κ1) is 19.9. The third kappa shape index (κ3) is 3.61. The highest BCUT2D eigenvalue weighted by Crippen LogP contribution is 2.24. The molecule has 0 spiro atoms. The van der Waals surface area contributed by atoms with Crippen LogP contribution >= 0.6 is 34.5 Å². The van der Waals surface area contributed by atoms with Crippen molar-refractivity contribution in [3.05, 3.63) is 82.7 Å².